The van der Waals surface area contributed by atoms with Crippen molar-refractivity contribution in [1.29, 1.82) is 0 Å². The van der Waals surface area contributed by atoms with Gasteiger partial charge in [-0.05, 0) is 42.9 Å². The Morgan fingerprint density at radius 2 is 2.06 bits per heavy atom. The van der Waals surface area contributed by atoms with Crippen LogP contribution in [-0.2, 0) is 28.7 Å². The van der Waals surface area contributed by atoms with E-state index < -0.39 is 15.7 Å². The fourth-order valence-corrected chi connectivity index (χ4v) is 7.19. The van der Waals surface area contributed by atoms with Crippen LogP contribution >= 0.6 is 23.1 Å². The van der Waals surface area contributed by atoms with Crippen LogP contribution in [0.15, 0.2) is 50.3 Å². The number of rotatable bonds is 7. The molecule has 31 heavy (non-hydrogen) atoms. The Bertz CT molecular complexity index is 1300. The number of thiophene rings is 1. The van der Waals surface area contributed by atoms with Crippen LogP contribution in [0.5, 0.6) is 0 Å². The summed E-state index contributed by atoms with van der Waals surface area (Å²) in [5.74, 6) is 1.46. The average molecular weight is 479 g/mol. The van der Waals surface area contributed by atoms with Crippen molar-refractivity contribution in [3.63, 3.8) is 0 Å². The summed E-state index contributed by atoms with van der Waals surface area (Å²) in [7, 11) is -2.10. The average Bonchev–Trinajstić information content (AvgIpc) is 3.28. The zero-order valence-electron chi connectivity index (χ0n) is 16.9. The summed E-state index contributed by atoms with van der Waals surface area (Å²) in [4.78, 5) is 31.8. The molecule has 0 radical (unpaired) electrons. The van der Waals surface area contributed by atoms with Gasteiger partial charge in [0.15, 0.2) is 0 Å². The molecule has 1 N–H and O–H groups in total. The first-order chi connectivity index (χ1) is 14.9. The Kier molecular flexibility index (Phi) is 6.47. The van der Waals surface area contributed by atoms with Crippen molar-refractivity contribution in [2.24, 2.45) is 0 Å². The first-order valence-corrected chi connectivity index (χ1v) is 13.2. The first-order valence-electron chi connectivity index (χ1n) is 9.78. The molecule has 8 nitrogen and oxygen atoms in total. The molecule has 0 spiro atoms. The van der Waals surface area contributed by atoms with Crippen LogP contribution < -0.4 is 11.2 Å². The highest BCUT2D eigenvalue weighted by molar-refractivity contribution is 7.98. The van der Waals surface area contributed by atoms with E-state index in [9.17, 15) is 18.0 Å². The predicted molar refractivity (Wildman–Crippen MR) is 123 cm³/mol. The molecule has 0 aromatic carbocycles. The SMILES string of the molecule is CN(CCCn1c2c(c(=O)[nH]c1=O)CSCC2)S(=O)(=O)c1ccc(-c2ccccn2)s1. The zero-order chi connectivity index (χ0) is 22.0. The second-order valence-electron chi connectivity index (χ2n) is 7.15. The van der Waals surface area contributed by atoms with E-state index in [1.165, 1.54) is 22.7 Å². The monoisotopic (exact) mass is 478 g/mol. The van der Waals surface area contributed by atoms with Crippen LogP contribution in [0.25, 0.3) is 10.6 Å². The maximum atomic E-state index is 13.0. The molecule has 0 amide bonds. The number of H-pyrrole nitrogens is 1. The van der Waals surface area contributed by atoms with Crippen molar-refractivity contribution >= 4 is 33.1 Å². The minimum Gasteiger partial charge on any atom is -0.297 e. The lowest BCUT2D eigenvalue weighted by molar-refractivity contribution is 0.440. The number of nitrogens with zero attached hydrogens (tertiary/aromatic N) is 3. The van der Waals surface area contributed by atoms with Gasteiger partial charge in [0, 0.05) is 43.3 Å². The first kappa shape index (κ1) is 22.0. The van der Waals surface area contributed by atoms with Crippen LogP contribution in [0.1, 0.15) is 17.7 Å². The third-order valence-electron chi connectivity index (χ3n) is 5.16. The van der Waals surface area contributed by atoms with Gasteiger partial charge in [0.2, 0.25) is 0 Å². The molecular formula is C20H22N4O4S3. The van der Waals surface area contributed by atoms with E-state index in [1.54, 1.807) is 34.7 Å². The van der Waals surface area contributed by atoms with E-state index in [4.69, 9.17) is 0 Å². The molecule has 0 unspecified atom stereocenters. The molecule has 0 bridgehead atoms. The second kappa shape index (κ2) is 9.11. The molecule has 0 atom stereocenters. The summed E-state index contributed by atoms with van der Waals surface area (Å²) in [6.45, 7) is 0.611. The number of thioether (sulfide) groups is 1. The quantitative estimate of drug-likeness (QED) is 0.558. The van der Waals surface area contributed by atoms with Crippen molar-refractivity contribution < 1.29 is 8.42 Å². The van der Waals surface area contributed by atoms with Crippen LogP contribution in [0, 0.1) is 0 Å². The third-order valence-corrected chi connectivity index (χ3v) is 9.58. The van der Waals surface area contributed by atoms with Gasteiger partial charge in [-0.2, -0.15) is 11.8 Å². The number of nitrogens with one attached hydrogen (secondary N) is 1. The van der Waals surface area contributed by atoms with Crippen molar-refractivity contribution in [3.05, 3.63) is 68.6 Å². The number of hydrogen-bond donors (Lipinski definition) is 1. The summed E-state index contributed by atoms with van der Waals surface area (Å²) in [6.07, 6.45) is 2.80. The van der Waals surface area contributed by atoms with Gasteiger partial charge in [-0.3, -0.25) is 19.3 Å². The molecule has 0 fully saturated rings. The molecule has 4 rings (SSSR count). The molecule has 0 saturated carbocycles. The van der Waals surface area contributed by atoms with Gasteiger partial charge >= 0.3 is 5.69 Å². The minimum atomic E-state index is -3.64. The van der Waals surface area contributed by atoms with Crippen molar-refractivity contribution in [1.82, 2.24) is 18.8 Å². The van der Waals surface area contributed by atoms with E-state index in [-0.39, 0.29) is 16.3 Å². The number of sulfonamides is 1. The van der Waals surface area contributed by atoms with Gasteiger partial charge in [0.1, 0.15) is 4.21 Å². The van der Waals surface area contributed by atoms with Crippen LogP contribution in [0.2, 0.25) is 0 Å². The Labute approximate surface area is 188 Å². The van der Waals surface area contributed by atoms with Gasteiger partial charge < -0.3 is 0 Å². The lowest BCUT2D eigenvalue weighted by Gasteiger charge is -2.21. The van der Waals surface area contributed by atoms with Crippen molar-refractivity contribution in [3.8, 4) is 10.6 Å². The zero-order valence-corrected chi connectivity index (χ0v) is 19.4. The highest BCUT2D eigenvalue weighted by Crippen LogP contribution is 2.30. The standard InChI is InChI=1S/C20H22N4O4S3/c1-23(31(27,28)18-7-6-17(30-18)15-5-2-3-9-21-15)10-4-11-24-16-8-12-29-13-14(16)19(25)22-20(24)26/h2-3,5-7,9H,4,8,10-13H2,1H3,(H,22,25,26). The smallest absolute Gasteiger partial charge is 0.297 e. The van der Waals surface area contributed by atoms with Gasteiger partial charge in [-0.25, -0.2) is 17.5 Å². The van der Waals surface area contributed by atoms with Crippen LogP contribution in [-0.4, -0.2) is 46.6 Å². The van der Waals surface area contributed by atoms with E-state index in [2.05, 4.69) is 9.97 Å². The number of aromatic nitrogens is 3. The van der Waals surface area contributed by atoms with E-state index in [0.29, 0.717) is 30.7 Å². The highest BCUT2D eigenvalue weighted by Gasteiger charge is 2.24. The van der Waals surface area contributed by atoms with Crippen molar-refractivity contribution in [2.75, 3.05) is 19.3 Å². The number of hydrogen-bond acceptors (Lipinski definition) is 7. The number of aromatic amines is 1. The number of pyridine rings is 1. The van der Waals surface area contributed by atoms with E-state index >= 15 is 0 Å². The maximum Gasteiger partial charge on any atom is 0.328 e. The molecule has 1 aliphatic heterocycles. The molecule has 1 aliphatic rings. The molecule has 3 aromatic rings. The Morgan fingerprint density at radius 1 is 1.23 bits per heavy atom. The van der Waals surface area contributed by atoms with Crippen LogP contribution in [0.4, 0.5) is 0 Å². The maximum absolute atomic E-state index is 13.0. The van der Waals surface area contributed by atoms with Gasteiger partial charge in [0.05, 0.1) is 10.6 Å². The molecule has 0 aliphatic carbocycles. The molecular weight excluding hydrogens is 456 g/mol. The second-order valence-corrected chi connectivity index (χ2v) is 11.6. The van der Waals surface area contributed by atoms with Gasteiger partial charge in [0.25, 0.3) is 15.6 Å². The highest BCUT2D eigenvalue weighted by atomic mass is 32.2. The Morgan fingerprint density at radius 3 is 2.84 bits per heavy atom. The molecule has 164 valence electrons. The topological polar surface area (TPSA) is 105 Å². The summed E-state index contributed by atoms with van der Waals surface area (Å²) in [5, 5.41) is 0. The fraction of sp³-hybridized carbons (Fsp3) is 0.350. The molecule has 11 heteroatoms. The number of fused-ring (bicyclic) bond motifs is 1. The lowest BCUT2D eigenvalue weighted by Crippen LogP contribution is -2.37. The normalized spacial score (nSPS) is 14.0. The van der Waals surface area contributed by atoms with Crippen molar-refractivity contribution in [2.45, 2.75) is 29.3 Å². The molecule has 3 aromatic heterocycles. The third kappa shape index (κ3) is 4.54. The van der Waals surface area contributed by atoms with E-state index in [1.807, 2.05) is 18.2 Å². The Hall–Kier alpha value is -2.21. The summed E-state index contributed by atoms with van der Waals surface area (Å²) in [5.41, 5.74) is 1.41. The summed E-state index contributed by atoms with van der Waals surface area (Å²) in [6, 6.07) is 8.87. The largest absolute Gasteiger partial charge is 0.328 e. The molecule has 4 heterocycles. The molecule has 0 saturated heterocycles. The van der Waals surface area contributed by atoms with E-state index in [0.717, 1.165) is 22.0 Å². The van der Waals surface area contributed by atoms with Gasteiger partial charge in [-0.1, -0.05) is 6.07 Å². The predicted octanol–water partition coefficient (Wildman–Crippen LogP) is 2.16. The lowest BCUT2D eigenvalue weighted by atomic mass is 10.2. The summed E-state index contributed by atoms with van der Waals surface area (Å²) >= 11 is 2.85. The Balaban J connectivity index is 1.46. The van der Waals surface area contributed by atoms with Gasteiger partial charge in [-0.15, -0.1) is 11.3 Å². The minimum absolute atomic E-state index is 0.256. The van der Waals surface area contributed by atoms with Crippen LogP contribution in [0.3, 0.4) is 0 Å². The fourth-order valence-electron chi connectivity index (χ4n) is 3.50. The summed E-state index contributed by atoms with van der Waals surface area (Å²) < 4.78 is 29.1.